The van der Waals surface area contributed by atoms with Gasteiger partial charge in [0.15, 0.2) is 0 Å². The summed E-state index contributed by atoms with van der Waals surface area (Å²) in [7, 11) is 0. The summed E-state index contributed by atoms with van der Waals surface area (Å²) in [4.78, 5) is 7.07. The van der Waals surface area contributed by atoms with Crippen LogP contribution >= 0.6 is 11.3 Å². The van der Waals surface area contributed by atoms with E-state index in [1.807, 2.05) is 18.2 Å². The van der Waals surface area contributed by atoms with Crippen molar-refractivity contribution in [1.82, 2.24) is 4.98 Å². The van der Waals surface area contributed by atoms with E-state index in [1.54, 1.807) is 23.9 Å². The Hall–Kier alpha value is -2.27. The molecule has 0 saturated carbocycles. The number of rotatable bonds is 3. The van der Waals surface area contributed by atoms with E-state index >= 15 is 0 Å². The van der Waals surface area contributed by atoms with E-state index in [2.05, 4.69) is 22.4 Å². The van der Waals surface area contributed by atoms with Crippen LogP contribution in [0.4, 0.5) is 5.69 Å². The molecule has 112 valence electrons. The molecule has 1 aromatic carbocycles. The van der Waals surface area contributed by atoms with Crippen LogP contribution in [0.25, 0.3) is 10.6 Å². The standard InChI is InChI=1S/C17H16N2O2S/c1-2-5-16-15(4-1)19(7-3-8-21-16)10-14-12-22-17(18-14)13-6-9-20-11-13/h1-2,4-6,9,11-12H,3,7-8,10H2. The van der Waals surface area contributed by atoms with E-state index in [4.69, 9.17) is 14.1 Å². The third kappa shape index (κ3) is 2.60. The van der Waals surface area contributed by atoms with Crippen LogP contribution in [-0.2, 0) is 6.54 Å². The molecule has 5 heteroatoms. The van der Waals surface area contributed by atoms with Crippen LogP contribution in [-0.4, -0.2) is 18.1 Å². The molecule has 0 spiro atoms. The Morgan fingerprint density at radius 1 is 1.23 bits per heavy atom. The van der Waals surface area contributed by atoms with Gasteiger partial charge in [0.05, 0.1) is 30.8 Å². The van der Waals surface area contributed by atoms with Crippen LogP contribution in [0, 0.1) is 0 Å². The molecule has 0 N–H and O–H groups in total. The fraction of sp³-hybridized carbons (Fsp3) is 0.235. The second-order valence-electron chi connectivity index (χ2n) is 5.25. The third-order valence-electron chi connectivity index (χ3n) is 3.71. The predicted molar refractivity (Wildman–Crippen MR) is 87.4 cm³/mol. The number of hydrogen-bond donors (Lipinski definition) is 0. The van der Waals surface area contributed by atoms with Gasteiger partial charge in [0.2, 0.25) is 0 Å². The van der Waals surface area contributed by atoms with Crippen molar-refractivity contribution in [3.8, 4) is 16.3 Å². The maximum atomic E-state index is 5.81. The largest absolute Gasteiger partial charge is 0.491 e. The Kier molecular flexibility index (Phi) is 3.56. The summed E-state index contributed by atoms with van der Waals surface area (Å²) < 4.78 is 10.9. The topological polar surface area (TPSA) is 38.5 Å². The number of furan rings is 1. The highest BCUT2D eigenvalue weighted by molar-refractivity contribution is 7.13. The first-order valence-electron chi connectivity index (χ1n) is 7.34. The first-order chi connectivity index (χ1) is 10.9. The highest BCUT2D eigenvalue weighted by Gasteiger charge is 2.17. The smallest absolute Gasteiger partial charge is 0.142 e. The van der Waals surface area contributed by atoms with Crippen molar-refractivity contribution in [3.05, 3.63) is 53.9 Å². The minimum atomic E-state index is 0.769. The average Bonchev–Trinajstić information content (AvgIpc) is 3.18. The van der Waals surface area contributed by atoms with Crippen molar-refractivity contribution in [2.45, 2.75) is 13.0 Å². The highest BCUT2D eigenvalue weighted by Crippen LogP contribution is 2.32. The quantitative estimate of drug-likeness (QED) is 0.727. The lowest BCUT2D eigenvalue weighted by atomic mass is 10.2. The zero-order chi connectivity index (χ0) is 14.8. The van der Waals surface area contributed by atoms with Crippen molar-refractivity contribution in [2.24, 2.45) is 0 Å². The zero-order valence-corrected chi connectivity index (χ0v) is 12.9. The number of thiazole rings is 1. The molecule has 3 aromatic rings. The fourth-order valence-electron chi connectivity index (χ4n) is 2.66. The van der Waals surface area contributed by atoms with E-state index in [-0.39, 0.29) is 0 Å². The predicted octanol–water partition coefficient (Wildman–Crippen LogP) is 4.19. The molecular formula is C17H16N2O2S. The van der Waals surface area contributed by atoms with Crippen LogP contribution in [0.1, 0.15) is 12.1 Å². The van der Waals surface area contributed by atoms with Gasteiger partial charge in [0.25, 0.3) is 0 Å². The molecule has 1 aliphatic heterocycles. The molecule has 22 heavy (non-hydrogen) atoms. The number of nitrogens with zero attached hydrogens (tertiary/aromatic N) is 2. The lowest BCUT2D eigenvalue weighted by molar-refractivity contribution is 0.322. The van der Waals surface area contributed by atoms with Gasteiger partial charge in [-0.25, -0.2) is 4.98 Å². The van der Waals surface area contributed by atoms with Gasteiger partial charge in [-0.2, -0.15) is 0 Å². The zero-order valence-electron chi connectivity index (χ0n) is 12.1. The number of aromatic nitrogens is 1. The van der Waals surface area contributed by atoms with Crippen LogP contribution in [0.5, 0.6) is 5.75 Å². The molecule has 0 fully saturated rings. The Bertz CT molecular complexity index is 752. The van der Waals surface area contributed by atoms with Crippen molar-refractivity contribution in [2.75, 3.05) is 18.1 Å². The summed E-state index contributed by atoms with van der Waals surface area (Å²) in [5.41, 5.74) is 3.27. The van der Waals surface area contributed by atoms with Gasteiger partial charge in [-0.15, -0.1) is 11.3 Å². The van der Waals surface area contributed by atoms with E-state index in [9.17, 15) is 0 Å². The van der Waals surface area contributed by atoms with Crippen molar-refractivity contribution >= 4 is 17.0 Å². The van der Waals surface area contributed by atoms with E-state index in [1.165, 1.54) is 0 Å². The Balaban J connectivity index is 1.58. The highest BCUT2D eigenvalue weighted by atomic mass is 32.1. The fourth-order valence-corrected chi connectivity index (χ4v) is 3.45. The van der Waals surface area contributed by atoms with Gasteiger partial charge in [0, 0.05) is 17.5 Å². The maximum Gasteiger partial charge on any atom is 0.142 e. The van der Waals surface area contributed by atoms with Crippen LogP contribution in [0.15, 0.2) is 52.7 Å². The lowest BCUT2D eigenvalue weighted by Crippen LogP contribution is -2.23. The van der Waals surface area contributed by atoms with E-state index in [0.717, 1.165) is 53.8 Å². The molecule has 1 aliphatic rings. The SMILES string of the molecule is c1ccc2c(c1)OCCCN2Cc1csc(-c2ccoc2)n1. The number of para-hydroxylation sites is 2. The Labute approximate surface area is 133 Å². The molecule has 0 unspecified atom stereocenters. The van der Waals surface area contributed by atoms with Crippen LogP contribution in [0.2, 0.25) is 0 Å². The second-order valence-corrected chi connectivity index (χ2v) is 6.11. The third-order valence-corrected chi connectivity index (χ3v) is 4.65. The van der Waals surface area contributed by atoms with E-state index < -0.39 is 0 Å². The maximum absolute atomic E-state index is 5.81. The monoisotopic (exact) mass is 312 g/mol. The van der Waals surface area contributed by atoms with Gasteiger partial charge in [-0.3, -0.25) is 0 Å². The second kappa shape index (κ2) is 5.85. The summed E-state index contributed by atoms with van der Waals surface area (Å²) in [5, 5.41) is 3.12. The first-order valence-corrected chi connectivity index (χ1v) is 8.22. The van der Waals surface area contributed by atoms with Crippen molar-refractivity contribution in [3.63, 3.8) is 0 Å². The molecule has 0 atom stereocenters. The van der Waals surface area contributed by atoms with Crippen LogP contribution < -0.4 is 9.64 Å². The summed E-state index contributed by atoms with van der Waals surface area (Å²) in [6.45, 7) is 2.55. The first kappa shape index (κ1) is 13.4. The van der Waals surface area contributed by atoms with Crippen LogP contribution in [0.3, 0.4) is 0 Å². The van der Waals surface area contributed by atoms with E-state index in [0.29, 0.717) is 0 Å². The summed E-state index contributed by atoms with van der Waals surface area (Å²) in [5.74, 6) is 0.963. The minimum absolute atomic E-state index is 0.769. The molecular weight excluding hydrogens is 296 g/mol. The average molecular weight is 312 g/mol. The molecule has 0 aliphatic carbocycles. The molecule has 0 amide bonds. The molecule has 0 bridgehead atoms. The van der Waals surface area contributed by atoms with Crippen molar-refractivity contribution in [1.29, 1.82) is 0 Å². The van der Waals surface area contributed by atoms with Gasteiger partial charge in [-0.05, 0) is 24.6 Å². The molecule has 4 rings (SSSR count). The molecule has 4 nitrogen and oxygen atoms in total. The Morgan fingerprint density at radius 3 is 3.09 bits per heavy atom. The minimum Gasteiger partial charge on any atom is -0.491 e. The number of hydrogen-bond acceptors (Lipinski definition) is 5. The number of benzene rings is 1. The van der Waals surface area contributed by atoms with Gasteiger partial charge in [-0.1, -0.05) is 12.1 Å². The Morgan fingerprint density at radius 2 is 2.18 bits per heavy atom. The van der Waals surface area contributed by atoms with Gasteiger partial charge in [0.1, 0.15) is 17.0 Å². The lowest BCUT2D eigenvalue weighted by Gasteiger charge is -2.22. The molecule has 3 heterocycles. The normalized spacial score (nSPS) is 14.3. The number of anilines is 1. The summed E-state index contributed by atoms with van der Waals surface area (Å²) in [6, 6.07) is 10.2. The molecule has 2 aromatic heterocycles. The summed E-state index contributed by atoms with van der Waals surface area (Å²) >= 11 is 1.65. The summed E-state index contributed by atoms with van der Waals surface area (Å²) in [6.07, 6.45) is 4.43. The molecule has 0 radical (unpaired) electrons. The number of fused-ring (bicyclic) bond motifs is 1. The number of ether oxygens (including phenoxy) is 1. The van der Waals surface area contributed by atoms with Gasteiger partial charge >= 0.3 is 0 Å². The molecule has 0 saturated heterocycles. The van der Waals surface area contributed by atoms with Crippen molar-refractivity contribution < 1.29 is 9.15 Å². The van der Waals surface area contributed by atoms with Gasteiger partial charge < -0.3 is 14.1 Å².